The van der Waals surface area contributed by atoms with E-state index in [0.29, 0.717) is 12.5 Å². The number of nitrogens with zero attached hydrogens (tertiary/aromatic N) is 1. The number of pyridine rings is 1. The highest BCUT2D eigenvalue weighted by Gasteiger charge is 2.08. The highest BCUT2D eigenvalue weighted by Crippen LogP contribution is 2.30. The Kier molecular flexibility index (Phi) is 4.83. The van der Waals surface area contributed by atoms with E-state index in [9.17, 15) is 0 Å². The van der Waals surface area contributed by atoms with E-state index in [1.807, 2.05) is 38.4 Å². The monoisotopic (exact) mass is 339 g/mol. The average molecular weight is 341 g/mol. The minimum absolute atomic E-state index is 0.432. The first-order valence-corrected chi connectivity index (χ1v) is 7.31. The second-order valence-corrected chi connectivity index (χ2v) is 5.69. The summed E-state index contributed by atoms with van der Waals surface area (Å²) in [5.41, 5.74) is 4.26. The number of rotatable bonds is 4. The fraction of sp³-hybridized carbons (Fsp3) is 0.267. The van der Waals surface area contributed by atoms with Crippen LogP contribution in [0.25, 0.3) is 0 Å². The van der Waals surface area contributed by atoms with Gasteiger partial charge in [-0.15, -0.1) is 11.6 Å². The molecule has 2 aromatic rings. The molecule has 0 saturated carbocycles. The quantitative estimate of drug-likeness (QED) is 0.747. The summed E-state index contributed by atoms with van der Waals surface area (Å²) in [6.45, 7) is 4.54. The largest absolute Gasteiger partial charge is 0.488 e. The Hall–Kier alpha value is -1.06. The molecule has 4 heteroatoms. The van der Waals surface area contributed by atoms with Gasteiger partial charge in [0, 0.05) is 28.0 Å². The maximum absolute atomic E-state index is 5.97. The van der Waals surface area contributed by atoms with Crippen LogP contribution in [-0.4, -0.2) is 4.98 Å². The van der Waals surface area contributed by atoms with Gasteiger partial charge >= 0.3 is 0 Å². The smallest absolute Gasteiger partial charge is 0.127 e. The zero-order valence-electron chi connectivity index (χ0n) is 10.9. The van der Waals surface area contributed by atoms with Crippen molar-refractivity contribution in [1.82, 2.24) is 4.98 Å². The van der Waals surface area contributed by atoms with E-state index in [-0.39, 0.29) is 0 Å². The maximum atomic E-state index is 5.97. The molecule has 0 radical (unpaired) electrons. The molecular weight excluding hydrogens is 326 g/mol. The van der Waals surface area contributed by atoms with Crippen molar-refractivity contribution in [2.45, 2.75) is 26.3 Å². The molecule has 19 heavy (non-hydrogen) atoms. The molecule has 0 aliphatic heterocycles. The molecule has 0 atom stereocenters. The van der Waals surface area contributed by atoms with Gasteiger partial charge in [-0.3, -0.25) is 4.98 Å². The molecule has 0 spiro atoms. The molecule has 0 aliphatic carbocycles. The first kappa shape index (κ1) is 14.4. The predicted molar refractivity (Wildman–Crippen MR) is 81.7 cm³/mol. The van der Waals surface area contributed by atoms with Gasteiger partial charge in [-0.2, -0.15) is 0 Å². The Morgan fingerprint density at radius 3 is 2.68 bits per heavy atom. The summed E-state index contributed by atoms with van der Waals surface area (Å²) in [6, 6.07) is 6.09. The van der Waals surface area contributed by atoms with E-state index in [1.54, 1.807) is 0 Å². The van der Waals surface area contributed by atoms with Gasteiger partial charge in [0.05, 0.1) is 5.88 Å². The number of aryl methyl sites for hydroxylation is 2. The summed E-state index contributed by atoms with van der Waals surface area (Å²) in [7, 11) is 0. The SMILES string of the molecule is Cc1cncc(COc2c(C)cc(Br)cc2CCl)c1. The van der Waals surface area contributed by atoms with E-state index in [4.69, 9.17) is 16.3 Å². The van der Waals surface area contributed by atoms with Crippen LogP contribution in [0.3, 0.4) is 0 Å². The third-order valence-electron chi connectivity index (χ3n) is 2.78. The predicted octanol–water partition coefficient (Wildman–Crippen LogP) is 4.78. The summed E-state index contributed by atoms with van der Waals surface area (Å²) >= 11 is 9.44. The summed E-state index contributed by atoms with van der Waals surface area (Å²) in [6.07, 6.45) is 3.65. The van der Waals surface area contributed by atoms with Crippen LogP contribution < -0.4 is 4.74 Å². The zero-order chi connectivity index (χ0) is 13.8. The van der Waals surface area contributed by atoms with Gasteiger partial charge in [0.15, 0.2) is 0 Å². The zero-order valence-corrected chi connectivity index (χ0v) is 13.3. The molecule has 0 saturated heterocycles. The second kappa shape index (κ2) is 6.40. The van der Waals surface area contributed by atoms with Crippen molar-refractivity contribution in [2.24, 2.45) is 0 Å². The van der Waals surface area contributed by atoms with Gasteiger partial charge < -0.3 is 4.74 Å². The molecule has 1 heterocycles. The van der Waals surface area contributed by atoms with Gasteiger partial charge in [0.1, 0.15) is 12.4 Å². The molecule has 1 aromatic heterocycles. The summed E-state index contributed by atoms with van der Waals surface area (Å²) < 4.78 is 6.93. The molecule has 0 amide bonds. The van der Waals surface area contributed by atoms with Gasteiger partial charge in [0.25, 0.3) is 0 Å². The normalized spacial score (nSPS) is 10.5. The van der Waals surface area contributed by atoms with Gasteiger partial charge in [-0.25, -0.2) is 0 Å². The lowest BCUT2D eigenvalue weighted by Gasteiger charge is -2.13. The number of alkyl halides is 1. The van der Waals surface area contributed by atoms with Crippen LogP contribution in [0.5, 0.6) is 5.75 Å². The molecule has 0 N–H and O–H groups in total. The lowest BCUT2D eigenvalue weighted by molar-refractivity contribution is 0.301. The Morgan fingerprint density at radius 2 is 2.00 bits per heavy atom. The van der Waals surface area contributed by atoms with Crippen LogP contribution in [0.4, 0.5) is 0 Å². The highest BCUT2D eigenvalue weighted by molar-refractivity contribution is 9.10. The van der Waals surface area contributed by atoms with Crippen molar-refractivity contribution >= 4 is 27.5 Å². The Labute approximate surface area is 126 Å². The van der Waals surface area contributed by atoms with Crippen LogP contribution in [0, 0.1) is 13.8 Å². The maximum Gasteiger partial charge on any atom is 0.127 e. The topological polar surface area (TPSA) is 22.1 Å². The third kappa shape index (κ3) is 3.71. The number of ether oxygens (including phenoxy) is 1. The van der Waals surface area contributed by atoms with Crippen LogP contribution >= 0.6 is 27.5 Å². The van der Waals surface area contributed by atoms with Crippen molar-refractivity contribution < 1.29 is 4.74 Å². The van der Waals surface area contributed by atoms with Crippen LogP contribution in [0.1, 0.15) is 22.3 Å². The van der Waals surface area contributed by atoms with E-state index in [1.165, 1.54) is 0 Å². The number of benzene rings is 1. The minimum atomic E-state index is 0.432. The van der Waals surface area contributed by atoms with Crippen LogP contribution in [0.15, 0.2) is 35.1 Å². The molecular formula is C15H15BrClNO. The van der Waals surface area contributed by atoms with Crippen molar-refractivity contribution in [2.75, 3.05) is 0 Å². The van der Waals surface area contributed by atoms with Gasteiger partial charge in [-0.1, -0.05) is 15.9 Å². The molecule has 0 fully saturated rings. The second-order valence-electron chi connectivity index (χ2n) is 4.50. The van der Waals surface area contributed by atoms with E-state index >= 15 is 0 Å². The van der Waals surface area contributed by atoms with Crippen LogP contribution in [0.2, 0.25) is 0 Å². The Balaban J connectivity index is 2.19. The minimum Gasteiger partial charge on any atom is -0.488 e. The number of hydrogen-bond acceptors (Lipinski definition) is 2. The number of halogens is 2. The Morgan fingerprint density at radius 1 is 1.21 bits per heavy atom. The van der Waals surface area contributed by atoms with E-state index in [2.05, 4.69) is 27.0 Å². The standard InChI is InChI=1S/C15H15BrClNO/c1-10-3-12(8-18-7-10)9-19-15-11(2)4-14(16)5-13(15)6-17/h3-5,7-8H,6,9H2,1-2H3. The lowest BCUT2D eigenvalue weighted by Crippen LogP contribution is -2.01. The highest BCUT2D eigenvalue weighted by atomic mass is 79.9. The molecule has 0 bridgehead atoms. The lowest BCUT2D eigenvalue weighted by atomic mass is 10.1. The third-order valence-corrected chi connectivity index (χ3v) is 3.52. The average Bonchev–Trinajstić information content (AvgIpc) is 2.37. The molecule has 0 aliphatic rings. The molecule has 100 valence electrons. The molecule has 2 rings (SSSR count). The summed E-state index contributed by atoms with van der Waals surface area (Å²) in [5, 5.41) is 0. The first-order valence-electron chi connectivity index (χ1n) is 5.98. The van der Waals surface area contributed by atoms with Gasteiger partial charge in [0.2, 0.25) is 0 Å². The van der Waals surface area contributed by atoms with Crippen molar-refractivity contribution in [1.29, 1.82) is 0 Å². The van der Waals surface area contributed by atoms with E-state index < -0.39 is 0 Å². The molecule has 0 unspecified atom stereocenters. The molecule has 1 aromatic carbocycles. The fourth-order valence-corrected chi connectivity index (χ4v) is 2.78. The van der Waals surface area contributed by atoms with Crippen LogP contribution in [-0.2, 0) is 12.5 Å². The summed E-state index contributed by atoms with van der Waals surface area (Å²) in [5.74, 6) is 1.29. The van der Waals surface area contributed by atoms with Crippen molar-refractivity contribution in [3.05, 3.63) is 57.3 Å². The fourth-order valence-electron chi connectivity index (χ4n) is 1.96. The summed E-state index contributed by atoms with van der Waals surface area (Å²) in [4.78, 5) is 4.16. The first-order chi connectivity index (χ1) is 9.10. The molecule has 2 nitrogen and oxygen atoms in total. The number of hydrogen-bond donors (Lipinski definition) is 0. The van der Waals surface area contributed by atoms with Crippen molar-refractivity contribution in [3.8, 4) is 5.75 Å². The van der Waals surface area contributed by atoms with E-state index in [0.717, 1.165) is 32.5 Å². The number of aromatic nitrogens is 1. The van der Waals surface area contributed by atoms with Gasteiger partial charge in [-0.05, 0) is 43.2 Å². The van der Waals surface area contributed by atoms with Crippen molar-refractivity contribution in [3.63, 3.8) is 0 Å². The Bertz CT molecular complexity index is 586.